The fourth-order valence-electron chi connectivity index (χ4n) is 3.72. The molecule has 130 valence electrons. The number of halogens is 1. The maximum Gasteiger partial charge on any atom is 0.264 e. The predicted octanol–water partition coefficient (Wildman–Crippen LogP) is 4.93. The van der Waals surface area contributed by atoms with Crippen LogP contribution in [-0.2, 0) is 10.0 Å². The lowest BCUT2D eigenvalue weighted by molar-refractivity contribution is 0.323. The molecule has 5 heteroatoms. The molecule has 0 aromatic heterocycles. The third kappa shape index (κ3) is 2.77. The fourth-order valence-corrected chi connectivity index (χ4v) is 5.43. The highest BCUT2D eigenvalue weighted by Crippen LogP contribution is 2.63. The van der Waals surface area contributed by atoms with E-state index in [-0.39, 0.29) is 17.4 Å². The van der Waals surface area contributed by atoms with Crippen molar-refractivity contribution in [2.24, 2.45) is 11.3 Å². The van der Waals surface area contributed by atoms with Gasteiger partial charge in [-0.1, -0.05) is 54.4 Å². The van der Waals surface area contributed by atoms with Crippen molar-refractivity contribution in [1.29, 1.82) is 0 Å². The van der Waals surface area contributed by atoms with Crippen LogP contribution in [0.1, 0.15) is 30.5 Å². The van der Waals surface area contributed by atoms with Gasteiger partial charge in [0.15, 0.2) is 0 Å². The molecule has 1 aliphatic heterocycles. The molecule has 0 spiro atoms. The summed E-state index contributed by atoms with van der Waals surface area (Å²) in [6.45, 7) is 4.13. The van der Waals surface area contributed by atoms with E-state index in [9.17, 15) is 8.42 Å². The van der Waals surface area contributed by atoms with Crippen LogP contribution < -0.4 is 0 Å². The summed E-state index contributed by atoms with van der Waals surface area (Å²) >= 11 is 6.17. The summed E-state index contributed by atoms with van der Waals surface area (Å²) in [6.07, 6.45) is 4.76. The minimum absolute atomic E-state index is 0.0757. The third-order valence-corrected chi connectivity index (χ3v) is 7.40. The van der Waals surface area contributed by atoms with Crippen LogP contribution in [0, 0.1) is 18.3 Å². The predicted molar refractivity (Wildman–Crippen MR) is 99.8 cm³/mol. The average Bonchev–Trinajstić information content (AvgIpc) is 3.26. The number of allylic oxidation sites excluding steroid dienone is 1. The van der Waals surface area contributed by atoms with Crippen molar-refractivity contribution >= 4 is 21.6 Å². The molecule has 1 heterocycles. The first kappa shape index (κ1) is 16.7. The minimum atomic E-state index is -3.62. The van der Waals surface area contributed by atoms with Gasteiger partial charge in [-0.25, -0.2) is 8.42 Å². The second kappa shape index (κ2) is 5.61. The molecule has 0 amide bonds. The van der Waals surface area contributed by atoms with E-state index in [4.69, 9.17) is 11.6 Å². The van der Waals surface area contributed by atoms with E-state index in [1.807, 2.05) is 49.4 Å². The first-order valence-corrected chi connectivity index (χ1v) is 10.2. The van der Waals surface area contributed by atoms with E-state index in [0.29, 0.717) is 9.92 Å². The zero-order valence-electron chi connectivity index (χ0n) is 14.2. The van der Waals surface area contributed by atoms with E-state index in [1.165, 1.54) is 4.31 Å². The van der Waals surface area contributed by atoms with Crippen molar-refractivity contribution in [1.82, 2.24) is 4.31 Å². The van der Waals surface area contributed by atoms with E-state index >= 15 is 0 Å². The maximum atomic E-state index is 13.3. The Labute approximate surface area is 154 Å². The highest BCUT2D eigenvalue weighted by molar-refractivity contribution is 7.89. The Morgan fingerprint density at radius 2 is 1.88 bits per heavy atom. The first-order valence-electron chi connectivity index (χ1n) is 8.36. The van der Waals surface area contributed by atoms with Gasteiger partial charge in [0.1, 0.15) is 0 Å². The second-order valence-corrected chi connectivity index (χ2v) is 9.56. The monoisotopic (exact) mass is 373 g/mol. The SMILES string of the molecule is Cc1ccc(S(=O)(=O)N2C=C[C@]3(C)C[C@@H]3[C@H]2c2cccc(Cl)c2)cc1. The highest BCUT2D eigenvalue weighted by Gasteiger charge is 2.57. The Morgan fingerprint density at radius 3 is 2.56 bits per heavy atom. The number of hydrogen-bond acceptors (Lipinski definition) is 2. The van der Waals surface area contributed by atoms with Crippen molar-refractivity contribution in [2.45, 2.75) is 31.2 Å². The van der Waals surface area contributed by atoms with E-state index < -0.39 is 10.0 Å². The summed E-state index contributed by atoms with van der Waals surface area (Å²) in [5.41, 5.74) is 2.06. The van der Waals surface area contributed by atoms with Gasteiger partial charge in [-0.15, -0.1) is 0 Å². The lowest BCUT2D eigenvalue weighted by Crippen LogP contribution is -2.35. The van der Waals surface area contributed by atoms with Gasteiger partial charge in [-0.2, -0.15) is 0 Å². The molecule has 25 heavy (non-hydrogen) atoms. The molecule has 2 aromatic carbocycles. The molecule has 1 fully saturated rings. The standard InChI is InChI=1S/C20H20ClNO2S/c1-14-6-8-17(9-7-14)25(23,24)22-11-10-20(2)13-18(20)19(22)15-4-3-5-16(21)12-15/h3-12,18-19H,13H2,1-2H3/t18-,19-,20-/m1/s1. The normalized spacial score (nSPS) is 27.9. The number of nitrogens with zero attached hydrogens (tertiary/aromatic N) is 1. The zero-order valence-corrected chi connectivity index (χ0v) is 15.8. The number of rotatable bonds is 3. The van der Waals surface area contributed by atoms with Gasteiger partial charge in [0.05, 0.1) is 10.9 Å². The molecule has 0 radical (unpaired) electrons. The van der Waals surface area contributed by atoms with Crippen LogP contribution >= 0.6 is 11.6 Å². The van der Waals surface area contributed by atoms with E-state index in [2.05, 4.69) is 6.92 Å². The summed E-state index contributed by atoms with van der Waals surface area (Å²) in [5, 5.41) is 0.627. The molecule has 3 nitrogen and oxygen atoms in total. The topological polar surface area (TPSA) is 37.4 Å². The van der Waals surface area contributed by atoms with E-state index in [1.54, 1.807) is 18.3 Å². The summed E-state index contributed by atoms with van der Waals surface area (Å²) in [7, 11) is -3.62. The molecule has 0 saturated heterocycles. The van der Waals surface area contributed by atoms with Crippen LogP contribution in [0.4, 0.5) is 0 Å². The zero-order chi connectivity index (χ0) is 17.8. The minimum Gasteiger partial charge on any atom is -0.266 e. The first-order chi connectivity index (χ1) is 11.8. The van der Waals surface area contributed by atoms with Gasteiger partial charge < -0.3 is 0 Å². The number of fused-ring (bicyclic) bond motifs is 1. The lowest BCUT2D eigenvalue weighted by Gasteiger charge is -2.35. The van der Waals surface area contributed by atoms with Gasteiger partial charge in [0.2, 0.25) is 0 Å². The second-order valence-electron chi connectivity index (χ2n) is 7.28. The molecule has 3 atom stereocenters. The molecule has 0 N–H and O–H groups in total. The van der Waals surface area contributed by atoms with Crippen molar-refractivity contribution in [2.75, 3.05) is 0 Å². The van der Waals surface area contributed by atoms with E-state index in [0.717, 1.165) is 17.5 Å². The highest BCUT2D eigenvalue weighted by atomic mass is 35.5. The summed E-state index contributed by atoms with van der Waals surface area (Å²) < 4.78 is 28.1. The molecule has 1 saturated carbocycles. The van der Waals surface area contributed by atoms with Gasteiger partial charge in [0.25, 0.3) is 10.0 Å². The van der Waals surface area contributed by atoms with Gasteiger partial charge >= 0.3 is 0 Å². The Morgan fingerprint density at radius 1 is 1.16 bits per heavy atom. The molecule has 2 aromatic rings. The van der Waals surface area contributed by atoms with Crippen molar-refractivity contribution < 1.29 is 8.42 Å². The number of hydrogen-bond donors (Lipinski definition) is 0. The maximum absolute atomic E-state index is 13.3. The molecule has 0 bridgehead atoms. The molecular weight excluding hydrogens is 354 g/mol. The molecule has 1 aliphatic carbocycles. The largest absolute Gasteiger partial charge is 0.266 e. The molecule has 4 rings (SSSR count). The fraction of sp³-hybridized carbons (Fsp3) is 0.300. The Hall–Kier alpha value is -1.78. The van der Waals surface area contributed by atoms with Crippen LogP contribution in [0.15, 0.2) is 65.7 Å². The van der Waals surface area contributed by atoms with Crippen molar-refractivity contribution in [3.63, 3.8) is 0 Å². The lowest BCUT2D eigenvalue weighted by atomic mass is 9.93. The average molecular weight is 374 g/mol. The van der Waals surface area contributed by atoms with Gasteiger partial charge in [-0.05, 0) is 54.5 Å². The molecule has 0 unspecified atom stereocenters. The van der Waals surface area contributed by atoms with Crippen LogP contribution in [0.5, 0.6) is 0 Å². The molecule has 2 aliphatic rings. The third-order valence-electron chi connectivity index (χ3n) is 5.39. The number of sulfonamides is 1. The van der Waals surface area contributed by atoms with Gasteiger partial charge in [-0.3, -0.25) is 4.31 Å². The summed E-state index contributed by atoms with van der Waals surface area (Å²) in [6, 6.07) is 14.3. The smallest absolute Gasteiger partial charge is 0.264 e. The summed E-state index contributed by atoms with van der Waals surface area (Å²) in [4.78, 5) is 0.319. The van der Waals surface area contributed by atoms with Gasteiger partial charge in [0, 0.05) is 11.2 Å². The van der Waals surface area contributed by atoms with Crippen molar-refractivity contribution in [3.05, 3.63) is 77.0 Å². The van der Waals surface area contributed by atoms with Crippen LogP contribution in [0.3, 0.4) is 0 Å². The Bertz CT molecular complexity index is 952. The van der Waals surface area contributed by atoms with Crippen LogP contribution in [-0.4, -0.2) is 12.7 Å². The van der Waals surface area contributed by atoms with Crippen LogP contribution in [0.2, 0.25) is 5.02 Å². The Balaban J connectivity index is 1.81. The Kier molecular flexibility index (Phi) is 3.74. The number of benzene rings is 2. The van der Waals surface area contributed by atoms with Crippen LogP contribution in [0.25, 0.3) is 0 Å². The molecular formula is C20H20ClNO2S. The number of aryl methyl sites for hydroxylation is 1. The quantitative estimate of drug-likeness (QED) is 0.764. The van der Waals surface area contributed by atoms with Crippen molar-refractivity contribution in [3.8, 4) is 0 Å². The summed E-state index contributed by atoms with van der Waals surface area (Å²) in [5.74, 6) is 0.274.